The number of ether oxygens (including phenoxy) is 5. The van der Waals surface area contributed by atoms with Crippen molar-refractivity contribution in [3.8, 4) is 34.1 Å². The van der Waals surface area contributed by atoms with E-state index in [1.54, 1.807) is 14.0 Å². The molecule has 2 aliphatic carbocycles. The van der Waals surface area contributed by atoms with Crippen molar-refractivity contribution >= 4 is 23.4 Å². The lowest BCUT2D eigenvalue weighted by atomic mass is 9.74. The summed E-state index contributed by atoms with van der Waals surface area (Å²) in [5.41, 5.74) is 2.25. The SMILES string of the molecule is CN[C@@H]1[C@H](O[C@@H]2OC[C@@H](O)[C@H](O)[C@H]2O)[C@@H](O)[C@H](O[C@H]2c3cc(C)c(C(=O)N[C@H](C)C(N)=O)c(O)c3-c3c(cc4c(c3O)C(=O)c3cc(OC)cc(O)c3C4=O)[C@@H]2O)O[C@@H]1C. The summed E-state index contributed by atoms with van der Waals surface area (Å²) in [4.78, 5) is 53.6. The Morgan fingerprint density at radius 3 is 2.15 bits per heavy atom. The zero-order chi connectivity index (χ0) is 43.8. The van der Waals surface area contributed by atoms with Crippen molar-refractivity contribution in [2.24, 2.45) is 5.73 Å². The summed E-state index contributed by atoms with van der Waals surface area (Å²) < 4.78 is 29.0. The maximum atomic E-state index is 14.1. The first-order valence-electron chi connectivity index (χ1n) is 18.9. The third kappa shape index (κ3) is 6.83. The van der Waals surface area contributed by atoms with Crippen LogP contribution in [-0.4, -0.2) is 146 Å². The predicted octanol–water partition coefficient (Wildman–Crippen LogP) is -1.21. The number of carbonyl (C=O) groups is 4. The zero-order valence-corrected chi connectivity index (χ0v) is 32.8. The molecule has 3 aromatic carbocycles. The monoisotopic (exact) mass is 839 g/mol. The van der Waals surface area contributed by atoms with Crippen LogP contribution in [0.5, 0.6) is 23.0 Å². The van der Waals surface area contributed by atoms with E-state index in [0.29, 0.717) is 0 Å². The number of ketones is 2. The summed E-state index contributed by atoms with van der Waals surface area (Å²) >= 11 is 0. The van der Waals surface area contributed by atoms with Gasteiger partial charge in [0.1, 0.15) is 71.8 Å². The van der Waals surface area contributed by atoms with E-state index >= 15 is 0 Å². The second-order valence-electron chi connectivity index (χ2n) is 15.2. The topological polar surface area (TPSA) is 326 Å². The number of rotatable bonds is 9. The number of benzene rings is 3. The van der Waals surface area contributed by atoms with Crippen LogP contribution in [0.2, 0.25) is 0 Å². The third-order valence-electron chi connectivity index (χ3n) is 11.5. The van der Waals surface area contributed by atoms with Gasteiger partial charge in [-0.05, 0) is 56.6 Å². The Hall–Kier alpha value is -5.26. The van der Waals surface area contributed by atoms with Crippen molar-refractivity contribution in [3.63, 3.8) is 0 Å². The molecule has 0 unspecified atom stereocenters. The highest BCUT2D eigenvalue weighted by Gasteiger charge is 2.51. The molecule has 3 aromatic rings. The number of primary amides is 1. The van der Waals surface area contributed by atoms with Crippen molar-refractivity contribution in [3.05, 3.63) is 68.8 Å². The van der Waals surface area contributed by atoms with Crippen LogP contribution < -0.4 is 21.1 Å². The molecule has 0 saturated carbocycles. The summed E-state index contributed by atoms with van der Waals surface area (Å²) in [6.07, 6.45) is -15.4. The van der Waals surface area contributed by atoms with Gasteiger partial charge in [-0.15, -0.1) is 0 Å². The molecular weight excluding hydrogens is 794 g/mol. The molecule has 0 bridgehead atoms. The first-order valence-corrected chi connectivity index (χ1v) is 18.9. The number of amides is 2. The van der Waals surface area contributed by atoms with Crippen LogP contribution in [0.4, 0.5) is 0 Å². The molecule has 0 spiro atoms. The molecule has 60 heavy (non-hydrogen) atoms. The first-order chi connectivity index (χ1) is 28.3. The fraction of sp³-hybridized carbons (Fsp3) is 0.450. The van der Waals surface area contributed by atoms with Crippen molar-refractivity contribution in [2.45, 2.75) is 94.3 Å². The summed E-state index contributed by atoms with van der Waals surface area (Å²) in [5.74, 6) is -5.95. The van der Waals surface area contributed by atoms with Gasteiger partial charge in [0.25, 0.3) is 5.91 Å². The minimum Gasteiger partial charge on any atom is -0.507 e. The van der Waals surface area contributed by atoms with Gasteiger partial charge in [-0.1, -0.05) is 6.07 Å². The number of hydrogen-bond donors (Lipinski definition) is 11. The van der Waals surface area contributed by atoms with Gasteiger partial charge in [-0.3, -0.25) is 19.2 Å². The van der Waals surface area contributed by atoms with Gasteiger partial charge in [-0.2, -0.15) is 0 Å². The van der Waals surface area contributed by atoms with Gasteiger partial charge in [0.15, 0.2) is 24.1 Å². The third-order valence-corrected chi connectivity index (χ3v) is 11.5. The van der Waals surface area contributed by atoms with Gasteiger partial charge in [0, 0.05) is 28.3 Å². The Balaban J connectivity index is 1.37. The normalized spacial score (nSPS) is 30.1. The first kappa shape index (κ1) is 42.8. The molecule has 12 atom stereocenters. The number of nitrogens with one attached hydrogen (secondary N) is 2. The van der Waals surface area contributed by atoms with Crippen LogP contribution in [0.25, 0.3) is 11.1 Å². The molecular formula is C40H45N3O17. The predicted molar refractivity (Wildman–Crippen MR) is 202 cm³/mol. The molecule has 2 heterocycles. The van der Waals surface area contributed by atoms with Crippen molar-refractivity contribution < 1.29 is 83.7 Å². The smallest absolute Gasteiger partial charge is 0.255 e. The number of aryl methyl sites for hydroxylation is 1. The van der Waals surface area contributed by atoms with E-state index in [1.807, 2.05) is 0 Å². The van der Waals surface area contributed by atoms with Crippen LogP contribution >= 0.6 is 0 Å². The number of phenolic OH excluding ortho intramolecular Hbond substituents is 3. The number of methoxy groups -OCH3 is 1. The molecule has 12 N–H and O–H groups in total. The highest BCUT2D eigenvalue weighted by Crippen LogP contribution is 2.57. The average molecular weight is 840 g/mol. The Morgan fingerprint density at radius 1 is 0.850 bits per heavy atom. The second-order valence-corrected chi connectivity index (χ2v) is 15.2. The minimum absolute atomic E-state index is 0.0250. The summed E-state index contributed by atoms with van der Waals surface area (Å²) in [5, 5.41) is 95.1. The van der Waals surface area contributed by atoms with Gasteiger partial charge in [0.05, 0.1) is 42.6 Å². The number of aliphatic hydroxyl groups is 5. The second kappa shape index (κ2) is 16.0. The molecule has 4 aliphatic rings. The minimum atomic E-state index is -1.88. The number of phenols is 3. The molecule has 2 saturated heterocycles. The molecule has 20 nitrogen and oxygen atoms in total. The number of nitrogens with two attached hydrogens (primary N) is 1. The van der Waals surface area contributed by atoms with E-state index in [-0.39, 0.29) is 39.1 Å². The number of hydrogen-bond acceptors (Lipinski definition) is 18. The van der Waals surface area contributed by atoms with Crippen LogP contribution in [0.15, 0.2) is 24.3 Å². The molecule has 20 heteroatoms. The quantitative estimate of drug-likeness (QED) is 0.0942. The Bertz CT molecular complexity index is 2280. The van der Waals surface area contributed by atoms with Crippen LogP contribution in [-0.2, 0) is 23.7 Å². The Kier molecular flexibility index (Phi) is 11.4. The van der Waals surface area contributed by atoms with Crippen molar-refractivity contribution in [2.75, 3.05) is 20.8 Å². The van der Waals surface area contributed by atoms with Crippen molar-refractivity contribution in [1.82, 2.24) is 10.6 Å². The molecule has 0 radical (unpaired) electrons. The van der Waals surface area contributed by atoms with E-state index < -0.39 is 143 Å². The van der Waals surface area contributed by atoms with Gasteiger partial charge < -0.3 is 80.9 Å². The van der Waals surface area contributed by atoms with Gasteiger partial charge in [-0.25, -0.2) is 0 Å². The standard InChI is InChI=1S/C40H45N3O17/c1-11-6-18-24(31(50)21(11)38(55)43-12(2)37(41)54)23-16(9-17-25(32(23)51)28(47)15-7-14(56-5)8-19(44)22(15)27(17)46)29(48)35(18)59-40-34(53)36(26(42-4)13(3)58-40)60-39-33(52)30(49)20(45)10-57-39/h6-9,12-13,20,26,29-30,33-36,39-40,42,44-45,48-53H,10H2,1-5H3,(H2,41,54)(H,43,55)/t12-,13-,20-,26+,29+,30+,33-,34-,35+,36+,39+,40+/m1/s1. The van der Waals surface area contributed by atoms with Crippen LogP contribution in [0.3, 0.4) is 0 Å². The fourth-order valence-corrected chi connectivity index (χ4v) is 8.31. The number of fused-ring (bicyclic) bond motifs is 5. The fourth-order valence-electron chi connectivity index (χ4n) is 8.31. The summed E-state index contributed by atoms with van der Waals surface area (Å²) in [6.45, 7) is 3.93. The lowest BCUT2D eigenvalue weighted by molar-refractivity contribution is -0.339. The van der Waals surface area contributed by atoms with E-state index in [2.05, 4.69) is 10.6 Å². The van der Waals surface area contributed by atoms with E-state index in [4.69, 9.17) is 29.4 Å². The molecule has 2 amide bonds. The van der Waals surface area contributed by atoms with Gasteiger partial charge >= 0.3 is 0 Å². The highest BCUT2D eigenvalue weighted by atomic mass is 16.7. The number of aliphatic hydroxyl groups excluding tert-OH is 5. The van der Waals surface area contributed by atoms with Gasteiger partial charge in [0.2, 0.25) is 5.91 Å². The van der Waals surface area contributed by atoms with Crippen LogP contribution in [0, 0.1) is 6.92 Å². The maximum Gasteiger partial charge on any atom is 0.255 e. The van der Waals surface area contributed by atoms with E-state index in [9.17, 15) is 60.0 Å². The highest BCUT2D eigenvalue weighted by molar-refractivity contribution is 6.31. The molecule has 2 aliphatic heterocycles. The summed E-state index contributed by atoms with van der Waals surface area (Å²) in [6, 6.07) is 2.73. The number of likely N-dealkylation sites (N-methyl/N-ethyl adjacent to an activating group) is 1. The zero-order valence-electron chi connectivity index (χ0n) is 32.8. The lowest BCUT2D eigenvalue weighted by Gasteiger charge is -2.47. The number of carbonyl (C=O) groups excluding carboxylic acids is 4. The molecule has 7 rings (SSSR count). The largest absolute Gasteiger partial charge is 0.507 e. The average Bonchev–Trinajstić information content (AvgIpc) is 3.19. The Morgan fingerprint density at radius 2 is 1.50 bits per heavy atom. The summed E-state index contributed by atoms with van der Waals surface area (Å²) in [7, 11) is 2.82. The number of aromatic hydroxyl groups is 3. The Labute approximate surface area is 341 Å². The van der Waals surface area contributed by atoms with E-state index in [1.165, 1.54) is 33.1 Å². The molecule has 2 fully saturated rings. The maximum absolute atomic E-state index is 14.1. The lowest BCUT2D eigenvalue weighted by Crippen LogP contribution is -2.65. The van der Waals surface area contributed by atoms with Crippen LogP contribution in [0.1, 0.15) is 84.9 Å². The molecule has 0 aromatic heterocycles. The molecule has 322 valence electrons. The van der Waals surface area contributed by atoms with Crippen molar-refractivity contribution in [1.29, 1.82) is 0 Å². The van der Waals surface area contributed by atoms with E-state index in [0.717, 1.165) is 12.1 Å².